The van der Waals surface area contributed by atoms with Gasteiger partial charge in [0.15, 0.2) is 5.69 Å². The molecule has 0 aliphatic carbocycles. The third kappa shape index (κ3) is 3.16. The molecule has 26 heavy (non-hydrogen) atoms. The van der Waals surface area contributed by atoms with Crippen molar-refractivity contribution < 1.29 is 23.8 Å². The zero-order valence-corrected chi connectivity index (χ0v) is 14.5. The van der Waals surface area contributed by atoms with Crippen LogP contribution in [0, 0.1) is 0 Å². The number of aromatic amines is 1. The van der Waals surface area contributed by atoms with Gasteiger partial charge in [-0.05, 0) is 30.3 Å². The average molecular weight is 355 g/mol. The highest BCUT2D eigenvalue weighted by Gasteiger charge is 2.17. The van der Waals surface area contributed by atoms with Crippen LogP contribution in [0.1, 0.15) is 20.8 Å². The number of carbonyl (C=O) groups excluding carboxylic acids is 2. The van der Waals surface area contributed by atoms with Gasteiger partial charge in [-0.3, -0.25) is 9.89 Å². The number of H-pyrrole nitrogens is 1. The summed E-state index contributed by atoms with van der Waals surface area (Å²) in [5, 5.41) is 10.0. The van der Waals surface area contributed by atoms with Gasteiger partial charge in [0.2, 0.25) is 0 Å². The number of nitrogens with one attached hydrogen (secondary N) is 2. The van der Waals surface area contributed by atoms with Gasteiger partial charge in [-0.25, -0.2) is 4.79 Å². The number of carbonyl (C=O) groups is 2. The highest BCUT2D eigenvalue weighted by molar-refractivity contribution is 6.08. The van der Waals surface area contributed by atoms with Crippen LogP contribution in [0.15, 0.2) is 36.4 Å². The molecule has 0 saturated heterocycles. The van der Waals surface area contributed by atoms with E-state index in [1.165, 1.54) is 21.3 Å². The van der Waals surface area contributed by atoms with Crippen LogP contribution in [0.3, 0.4) is 0 Å². The Balaban J connectivity index is 1.91. The molecule has 3 aromatic rings. The molecule has 134 valence electrons. The molecule has 2 aromatic carbocycles. The molecule has 0 unspecified atom stereocenters. The van der Waals surface area contributed by atoms with Crippen LogP contribution in [-0.4, -0.2) is 43.4 Å². The van der Waals surface area contributed by atoms with E-state index >= 15 is 0 Å². The van der Waals surface area contributed by atoms with Crippen molar-refractivity contribution in [3.05, 3.63) is 47.7 Å². The molecule has 0 atom stereocenters. The highest BCUT2D eigenvalue weighted by Crippen LogP contribution is 2.26. The second-order valence-corrected chi connectivity index (χ2v) is 5.34. The lowest BCUT2D eigenvalue weighted by Crippen LogP contribution is -2.13. The van der Waals surface area contributed by atoms with Crippen molar-refractivity contribution in [2.45, 2.75) is 0 Å². The lowest BCUT2D eigenvalue weighted by Gasteiger charge is -2.11. The first kappa shape index (κ1) is 17.3. The summed E-state index contributed by atoms with van der Waals surface area (Å²) in [5.41, 5.74) is 1.67. The molecule has 1 heterocycles. The largest absolute Gasteiger partial charge is 0.497 e. The lowest BCUT2D eigenvalue weighted by molar-refractivity contribution is 0.0596. The van der Waals surface area contributed by atoms with E-state index in [1.54, 1.807) is 36.4 Å². The molecular formula is C18H17N3O5. The summed E-state index contributed by atoms with van der Waals surface area (Å²) in [6.45, 7) is 0. The second-order valence-electron chi connectivity index (χ2n) is 5.34. The summed E-state index contributed by atoms with van der Waals surface area (Å²) < 4.78 is 15.1. The highest BCUT2D eigenvalue weighted by atomic mass is 16.5. The fraction of sp³-hybridized carbons (Fsp3) is 0.167. The van der Waals surface area contributed by atoms with E-state index in [2.05, 4.69) is 15.5 Å². The molecule has 2 N–H and O–H groups in total. The molecule has 8 nitrogen and oxygen atoms in total. The van der Waals surface area contributed by atoms with Crippen molar-refractivity contribution in [1.82, 2.24) is 10.2 Å². The van der Waals surface area contributed by atoms with Crippen molar-refractivity contribution >= 4 is 28.5 Å². The third-order valence-corrected chi connectivity index (χ3v) is 3.85. The minimum atomic E-state index is -0.559. The van der Waals surface area contributed by atoms with Crippen LogP contribution in [0.2, 0.25) is 0 Å². The Morgan fingerprint density at radius 1 is 1.04 bits per heavy atom. The molecule has 0 saturated carbocycles. The summed E-state index contributed by atoms with van der Waals surface area (Å²) in [6, 6.07) is 9.99. The number of methoxy groups -OCH3 is 3. The number of nitrogens with zero attached hydrogens (tertiary/aromatic N) is 1. The van der Waals surface area contributed by atoms with Gasteiger partial charge in [0.25, 0.3) is 5.91 Å². The maximum absolute atomic E-state index is 12.6. The maximum Gasteiger partial charge on any atom is 0.359 e. The van der Waals surface area contributed by atoms with Gasteiger partial charge < -0.3 is 19.5 Å². The van der Waals surface area contributed by atoms with Gasteiger partial charge in [0.1, 0.15) is 11.5 Å². The summed E-state index contributed by atoms with van der Waals surface area (Å²) in [7, 11) is 4.30. The van der Waals surface area contributed by atoms with Gasteiger partial charge >= 0.3 is 5.97 Å². The molecular weight excluding hydrogens is 338 g/mol. The van der Waals surface area contributed by atoms with Crippen LogP contribution >= 0.6 is 0 Å². The van der Waals surface area contributed by atoms with E-state index in [0.29, 0.717) is 33.7 Å². The first-order valence-electron chi connectivity index (χ1n) is 7.67. The van der Waals surface area contributed by atoms with Gasteiger partial charge in [-0.1, -0.05) is 0 Å². The van der Waals surface area contributed by atoms with Gasteiger partial charge in [-0.2, -0.15) is 5.10 Å². The molecule has 1 amide bonds. The number of hydrogen-bond acceptors (Lipinski definition) is 6. The van der Waals surface area contributed by atoms with Gasteiger partial charge in [0.05, 0.1) is 32.4 Å². The molecule has 0 spiro atoms. The Kier molecular flexibility index (Phi) is 4.74. The van der Waals surface area contributed by atoms with Gasteiger partial charge in [0, 0.05) is 17.1 Å². The van der Waals surface area contributed by atoms with Crippen molar-refractivity contribution in [3.8, 4) is 11.5 Å². The molecule has 0 radical (unpaired) electrons. The van der Waals surface area contributed by atoms with E-state index in [4.69, 9.17) is 14.2 Å². The summed E-state index contributed by atoms with van der Waals surface area (Å²) >= 11 is 0. The second kappa shape index (κ2) is 7.14. The van der Waals surface area contributed by atoms with Crippen molar-refractivity contribution in [2.75, 3.05) is 26.6 Å². The Morgan fingerprint density at radius 2 is 1.85 bits per heavy atom. The Hall–Kier alpha value is -3.55. The van der Waals surface area contributed by atoms with Crippen molar-refractivity contribution in [3.63, 3.8) is 0 Å². The molecule has 1 aromatic heterocycles. The molecule has 0 aliphatic heterocycles. The number of amides is 1. The SMILES string of the molecule is COC(=O)c1n[nH]c2ccc(NC(=O)c3ccc(OC)cc3OC)cc12. The minimum Gasteiger partial charge on any atom is -0.497 e. The number of rotatable bonds is 5. The average Bonchev–Trinajstić information content (AvgIpc) is 3.09. The molecule has 0 fully saturated rings. The Bertz CT molecular complexity index is 980. The fourth-order valence-electron chi connectivity index (χ4n) is 2.53. The van der Waals surface area contributed by atoms with E-state index < -0.39 is 5.97 Å². The van der Waals surface area contributed by atoms with E-state index in [0.717, 1.165) is 0 Å². The third-order valence-electron chi connectivity index (χ3n) is 3.85. The van der Waals surface area contributed by atoms with Gasteiger partial charge in [-0.15, -0.1) is 0 Å². The molecule has 3 rings (SSSR count). The quantitative estimate of drug-likeness (QED) is 0.682. The summed E-state index contributed by atoms with van der Waals surface area (Å²) in [4.78, 5) is 24.4. The van der Waals surface area contributed by atoms with Crippen molar-refractivity contribution in [2.24, 2.45) is 0 Å². The molecule has 0 aliphatic rings. The number of anilines is 1. The maximum atomic E-state index is 12.6. The Labute approximate surface area is 149 Å². The summed E-state index contributed by atoms with van der Waals surface area (Å²) in [6.07, 6.45) is 0. The number of benzene rings is 2. The fourth-order valence-corrected chi connectivity index (χ4v) is 2.53. The van der Waals surface area contributed by atoms with Crippen LogP contribution in [0.25, 0.3) is 10.9 Å². The first-order valence-corrected chi connectivity index (χ1v) is 7.67. The lowest BCUT2D eigenvalue weighted by atomic mass is 10.1. The van der Waals surface area contributed by atoms with Crippen LogP contribution in [0.5, 0.6) is 11.5 Å². The number of esters is 1. The topological polar surface area (TPSA) is 103 Å². The van der Waals surface area contributed by atoms with Crippen molar-refractivity contribution in [1.29, 1.82) is 0 Å². The zero-order valence-electron chi connectivity index (χ0n) is 14.5. The predicted molar refractivity (Wildman–Crippen MR) is 94.9 cm³/mol. The monoisotopic (exact) mass is 355 g/mol. The molecule has 8 heteroatoms. The zero-order chi connectivity index (χ0) is 18.7. The Morgan fingerprint density at radius 3 is 2.54 bits per heavy atom. The van der Waals surface area contributed by atoms with E-state index in [-0.39, 0.29) is 11.6 Å². The van der Waals surface area contributed by atoms with E-state index in [9.17, 15) is 9.59 Å². The minimum absolute atomic E-state index is 0.153. The predicted octanol–water partition coefficient (Wildman–Crippen LogP) is 2.62. The number of aromatic nitrogens is 2. The van der Waals surface area contributed by atoms with Crippen LogP contribution < -0.4 is 14.8 Å². The number of fused-ring (bicyclic) bond motifs is 1. The normalized spacial score (nSPS) is 10.4. The first-order chi connectivity index (χ1) is 12.6. The number of ether oxygens (including phenoxy) is 3. The number of hydrogen-bond donors (Lipinski definition) is 2. The van der Waals surface area contributed by atoms with Crippen LogP contribution in [0.4, 0.5) is 5.69 Å². The van der Waals surface area contributed by atoms with E-state index in [1.807, 2.05) is 0 Å². The standard InChI is InChI=1S/C18H17N3O5/c1-24-11-5-6-12(15(9-11)25-2)17(22)19-10-4-7-14-13(8-10)16(21-20-14)18(23)26-3/h4-9H,1-3H3,(H,19,22)(H,20,21). The van der Waals surface area contributed by atoms with Crippen LogP contribution in [-0.2, 0) is 4.74 Å². The molecule has 0 bridgehead atoms. The summed E-state index contributed by atoms with van der Waals surface area (Å²) in [5.74, 6) is 0.0611. The smallest absolute Gasteiger partial charge is 0.359 e.